The molecule has 0 radical (unpaired) electrons. The number of nitrogens with two attached hydrogens (primary N) is 2. The minimum atomic E-state index is -0.530. The number of hydrogen-bond acceptors (Lipinski definition) is 4. The van der Waals surface area contributed by atoms with E-state index < -0.39 is 11.7 Å². The zero-order chi connectivity index (χ0) is 13.8. The van der Waals surface area contributed by atoms with Crippen LogP contribution in [0.4, 0.5) is 16.2 Å². The molecule has 1 aromatic rings. The molecule has 1 aromatic carbocycles. The molecule has 100 valence electrons. The van der Waals surface area contributed by atoms with Gasteiger partial charge in [-0.2, -0.15) is 0 Å². The standard InChI is InChI=1S/C13H21N3O2/c1-13(2,3)18-12(17)16(9-8-14)11-6-4-10(15)5-7-11/h4-7H,8-9,14-15H2,1-3H3. The third-order valence-corrected chi connectivity index (χ3v) is 2.17. The molecule has 4 N–H and O–H groups in total. The highest BCUT2D eigenvalue weighted by atomic mass is 16.6. The lowest BCUT2D eigenvalue weighted by Crippen LogP contribution is -2.39. The Balaban J connectivity index is 2.88. The average molecular weight is 251 g/mol. The van der Waals surface area contributed by atoms with E-state index in [0.717, 1.165) is 5.69 Å². The predicted molar refractivity (Wildman–Crippen MR) is 73.5 cm³/mol. The quantitative estimate of drug-likeness (QED) is 0.805. The summed E-state index contributed by atoms with van der Waals surface area (Å²) >= 11 is 0. The third-order valence-electron chi connectivity index (χ3n) is 2.17. The summed E-state index contributed by atoms with van der Waals surface area (Å²) < 4.78 is 5.34. The zero-order valence-electron chi connectivity index (χ0n) is 11.1. The highest BCUT2D eigenvalue weighted by molar-refractivity contribution is 5.88. The number of ether oxygens (including phenoxy) is 1. The zero-order valence-corrected chi connectivity index (χ0v) is 11.1. The van der Waals surface area contributed by atoms with Gasteiger partial charge in [-0.25, -0.2) is 4.79 Å². The molecule has 0 spiro atoms. The van der Waals surface area contributed by atoms with Gasteiger partial charge in [0, 0.05) is 24.5 Å². The van der Waals surface area contributed by atoms with Crippen molar-refractivity contribution in [3.8, 4) is 0 Å². The van der Waals surface area contributed by atoms with Crippen LogP contribution in [0.25, 0.3) is 0 Å². The molecule has 1 rings (SSSR count). The number of hydrogen-bond donors (Lipinski definition) is 2. The van der Waals surface area contributed by atoms with E-state index in [2.05, 4.69) is 0 Å². The van der Waals surface area contributed by atoms with E-state index in [9.17, 15) is 4.79 Å². The van der Waals surface area contributed by atoms with E-state index in [1.165, 1.54) is 4.90 Å². The van der Waals surface area contributed by atoms with E-state index in [-0.39, 0.29) is 0 Å². The van der Waals surface area contributed by atoms with Crippen LogP contribution in [0.5, 0.6) is 0 Å². The Morgan fingerprint density at radius 2 is 1.83 bits per heavy atom. The molecule has 5 nitrogen and oxygen atoms in total. The van der Waals surface area contributed by atoms with Crippen molar-refractivity contribution >= 4 is 17.5 Å². The van der Waals surface area contributed by atoms with Crippen molar-refractivity contribution in [1.29, 1.82) is 0 Å². The van der Waals surface area contributed by atoms with Gasteiger partial charge in [-0.1, -0.05) is 0 Å². The lowest BCUT2D eigenvalue weighted by atomic mass is 10.2. The smallest absolute Gasteiger partial charge is 0.414 e. The summed E-state index contributed by atoms with van der Waals surface area (Å²) in [6.45, 7) is 6.25. The molecular formula is C13H21N3O2. The first-order valence-corrected chi connectivity index (χ1v) is 5.89. The number of rotatable bonds is 3. The first-order chi connectivity index (χ1) is 8.33. The van der Waals surface area contributed by atoms with Crippen LogP contribution in [0.1, 0.15) is 20.8 Å². The van der Waals surface area contributed by atoms with Gasteiger partial charge in [0.15, 0.2) is 0 Å². The average Bonchev–Trinajstić information content (AvgIpc) is 2.25. The van der Waals surface area contributed by atoms with Crippen LogP contribution in [0.3, 0.4) is 0 Å². The summed E-state index contributed by atoms with van der Waals surface area (Å²) in [5.74, 6) is 0. The van der Waals surface area contributed by atoms with Gasteiger partial charge in [0.25, 0.3) is 0 Å². The van der Waals surface area contributed by atoms with Crippen molar-refractivity contribution in [1.82, 2.24) is 0 Å². The molecule has 0 aromatic heterocycles. The summed E-state index contributed by atoms with van der Waals surface area (Å²) in [5, 5.41) is 0. The number of benzene rings is 1. The van der Waals surface area contributed by atoms with Crippen LogP contribution < -0.4 is 16.4 Å². The molecule has 0 fully saturated rings. The predicted octanol–water partition coefficient (Wildman–Crippen LogP) is 1.97. The lowest BCUT2D eigenvalue weighted by molar-refractivity contribution is 0.0581. The molecule has 0 bridgehead atoms. The fourth-order valence-electron chi connectivity index (χ4n) is 1.43. The van der Waals surface area contributed by atoms with Crippen LogP contribution in [0.2, 0.25) is 0 Å². The van der Waals surface area contributed by atoms with Gasteiger partial charge in [0.1, 0.15) is 5.60 Å². The molecule has 0 aliphatic carbocycles. The lowest BCUT2D eigenvalue weighted by Gasteiger charge is -2.27. The molecule has 0 aliphatic rings. The van der Waals surface area contributed by atoms with Crippen LogP contribution in [0.15, 0.2) is 24.3 Å². The van der Waals surface area contributed by atoms with Crippen molar-refractivity contribution in [3.63, 3.8) is 0 Å². The minimum Gasteiger partial charge on any atom is -0.443 e. The number of nitrogen functional groups attached to an aromatic ring is 1. The molecule has 0 saturated carbocycles. The Morgan fingerprint density at radius 1 is 1.28 bits per heavy atom. The Morgan fingerprint density at radius 3 is 2.28 bits per heavy atom. The van der Waals surface area contributed by atoms with Crippen molar-refractivity contribution in [2.75, 3.05) is 23.7 Å². The van der Waals surface area contributed by atoms with E-state index in [1.54, 1.807) is 24.3 Å². The molecule has 0 heterocycles. The Hall–Kier alpha value is -1.75. The topological polar surface area (TPSA) is 81.6 Å². The second-order valence-corrected chi connectivity index (χ2v) is 5.01. The summed E-state index contributed by atoms with van der Waals surface area (Å²) in [6.07, 6.45) is -0.405. The van der Waals surface area contributed by atoms with Gasteiger partial charge in [-0.3, -0.25) is 4.90 Å². The number of amides is 1. The molecule has 0 atom stereocenters. The van der Waals surface area contributed by atoms with Crippen molar-refractivity contribution < 1.29 is 9.53 Å². The van der Waals surface area contributed by atoms with Crippen molar-refractivity contribution in [2.45, 2.75) is 26.4 Å². The molecule has 0 saturated heterocycles. The maximum absolute atomic E-state index is 12.1. The van der Waals surface area contributed by atoms with E-state index in [1.807, 2.05) is 20.8 Å². The normalized spacial score (nSPS) is 11.1. The van der Waals surface area contributed by atoms with Crippen molar-refractivity contribution in [2.24, 2.45) is 5.73 Å². The van der Waals surface area contributed by atoms with Gasteiger partial charge in [-0.05, 0) is 45.0 Å². The maximum Gasteiger partial charge on any atom is 0.414 e. The van der Waals surface area contributed by atoms with Gasteiger partial charge < -0.3 is 16.2 Å². The fraction of sp³-hybridized carbons (Fsp3) is 0.462. The summed E-state index contributed by atoms with van der Waals surface area (Å²) in [4.78, 5) is 13.6. The number of nitrogens with zero attached hydrogens (tertiary/aromatic N) is 1. The molecule has 1 amide bonds. The van der Waals surface area contributed by atoms with Gasteiger partial charge in [0.2, 0.25) is 0 Å². The molecule has 0 aliphatic heterocycles. The van der Waals surface area contributed by atoms with Crippen LogP contribution in [-0.2, 0) is 4.74 Å². The maximum atomic E-state index is 12.1. The van der Waals surface area contributed by atoms with Crippen molar-refractivity contribution in [3.05, 3.63) is 24.3 Å². The summed E-state index contributed by atoms with van der Waals surface area (Å²) in [5.41, 5.74) is 12.0. The Kier molecular flexibility index (Phi) is 4.55. The fourth-order valence-corrected chi connectivity index (χ4v) is 1.43. The number of carbonyl (C=O) groups excluding carboxylic acids is 1. The second kappa shape index (κ2) is 5.73. The van der Waals surface area contributed by atoms with Crippen LogP contribution >= 0.6 is 0 Å². The monoisotopic (exact) mass is 251 g/mol. The van der Waals surface area contributed by atoms with Crippen LogP contribution in [0, 0.1) is 0 Å². The summed E-state index contributed by atoms with van der Waals surface area (Å²) in [7, 11) is 0. The summed E-state index contributed by atoms with van der Waals surface area (Å²) in [6, 6.07) is 7.02. The largest absolute Gasteiger partial charge is 0.443 e. The molecule has 18 heavy (non-hydrogen) atoms. The first-order valence-electron chi connectivity index (χ1n) is 5.89. The van der Waals surface area contributed by atoms with Gasteiger partial charge in [0.05, 0.1) is 0 Å². The van der Waals surface area contributed by atoms with E-state index in [0.29, 0.717) is 18.8 Å². The molecule has 5 heteroatoms. The number of anilines is 2. The van der Waals surface area contributed by atoms with E-state index >= 15 is 0 Å². The van der Waals surface area contributed by atoms with E-state index in [4.69, 9.17) is 16.2 Å². The molecule has 0 unspecified atom stereocenters. The first kappa shape index (κ1) is 14.3. The highest BCUT2D eigenvalue weighted by Gasteiger charge is 2.22. The molecular weight excluding hydrogens is 230 g/mol. The highest BCUT2D eigenvalue weighted by Crippen LogP contribution is 2.19. The Labute approximate surface area is 108 Å². The number of carbonyl (C=O) groups is 1. The third kappa shape index (κ3) is 4.25. The SMILES string of the molecule is CC(C)(C)OC(=O)N(CCN)c1ccc(N)cc1. The minimum absolute atomic E-state index is 0.365. The Bertz CT molecular complexity index is 396. The van der Waals surface area contributed by atoms with Gasteiger partial charge in [-0.15, -0.1) is 0 Å². The second-order valence-electron chi connectivity index (χ2n) is 5.01. The van der Waals surface area contributed by atoms with Crippen LogP contribution in [-0.4, -0.2) is 24.8 Å². The van der Waals surface area contributed by atoms with Gasteiger partial charge >= 0.3 is 6.09 Å².